The van der Waals surface area contributed by atoms with Crippen LogP contribution in [0.25, 0.3) is 0 Å². The molecule has 0 aliphatic carbocycles. The van der Waals surface area contributed by atoms with Crippen LogP contribution in [0, 0.1) is 0 Å². The fourth-order valence-electron chi connectivity index (χ4n) is 2.41. The SMILES string of the molecule is O=C(O)c1ccc(CN2CCn3ccnc3C2)c(Cl)c1. The maximum Gasteiger partial charge on any atom is 0.335 e. The first-order chi connectivity index (χ1) is 9.63. The molecule has 1 aliphatic heterocycles. The molecule has 2 heterocycles. The first-order valence-electron chi connectivity index (χ1n) is 6.37. The number of rotatable bonds is 3. The molecule has 1 N–H and O–H groups in total. The maximum absolute atomic E-state index is 10.9. The van der Waals surface area contributed by atoms with E-state index in [1.165, 1.54) is 6.07 Å². The van der Waals surface area contributed by atoms with Gasteiger partial charge in [0.05, 0.1) is 12.1 Å². The summed E-state index contributed by atoms with van der Waals surface area (Å²) in [6, 6.07) is 4.88. The van der Waals surface area contributed by atoms with E-state index < -0.39 is 5.97 Å². The van der Waals surface area contributed by atoms with Gasteiger partial charge in [0.15, 0.2) is 0 Å². The number of hydrogen-bond donors (Lipinski definition) is 1. The molecule has 6 heteroatoms. The van der Waals surface area contributed by atoms with E-state index >= 15 is 0 Å². The van der Waals surface area contributed by atoms with Crippen molar-refractivity contribution in [1.82, 2.24) is 14.5 Å². The third-order valence-electron chi connectivity index (χ3n) is 3.52. The lowest BCUT2D eigenvalue weighted by Gasteiger charge is -2.27. The highest BCUT2D eigenvalue weighted by Crippen LogP contribution is 2.21. The van der Waals surface area contributed by atoms with E-state index in [0.29, 0.717) is 11.6 Å². The quantitative estimate of drug-likeness (QED) is 0.942. The van der Waals surface area contributed by atoms with Gasteiger partial charge in [0.25, 0.3) is 0 Å². The Morgan fingerprint density at radius 1 is 1.40 bits per heavy atom. The summed E-state index contributed by atoms with van der Waals surface area (Å²) < 4.78 is 2.14. The highest BCUT2D eigenvalue weighted by atomic mass is 35.5. The first kappa shape index (κ1) is 13.1. The summed E-state index contributed by atoms with van der Waals surface area (Å²) in [6.07, 6.45) is 3.80. The van der Waals surface area contributed by atoms with Gasteiger partial charge in [-0.2, -0.15) is 0 Å². The topological polar surface area (TPSA) is 58.4 Å². The lowest BCUT2D eigenvalue weighted by Crippen LogP contribution is -2.33. The molecule has 0 atom stereocenters. The van der Waals surface area contributed by atoms with E-state index in [9.17, 15) is 4.79 Å². The second kappa shape index (κ2) is 5.26. The summed E-state index contributed by atoms with van der Waals surface area (Å²) in [4.78, 5) is 17.5. The van der Waals surface area contributed by atoms with Crippen LogP contribution in [0.4, 0.5) is 0 Å². The van der Waals surface area contributed by atoms with Crippen LogP contribution in [-0.4, -0.2) is 32.1 Å². The summed E-state index contributed by atoms with van der Waals surface area (Å²) >= 11 is 6.16. The normalized spacial score (nSPS) is 15.1. The van der Waals surface area contributed by atoms with E-state index in [0.717, 1.165) is 31.0 Å². The molecule has 0 spiro atoms. The molecule has 1 aromatic heterocycles. The average molecular weight is 292 g/mol. The van der Waals surface area contributed by atoms with Gasteiger partial charge in [0, 0.05) is 37.1 Å². The van der Waals surface area contributed by atoms with Crippen LogP contribution < -0.4 is 0 Å². The van der Waals surface area contributed by atoms with Crippen LogP contribution in [0.15, 0.2) is 30.6 Å². The fourth-order valence-corrected chi connectivity index (χ4v) is 2.65. The second-order valence-corrected chi connectivity index (χ2v) is 5.27. The van der Waals surface area contributed by atoms with Crippen molar-refractivity contribution in [2.24, 2.45) is 0 Å². The van der Waals surface area contributed by atoms with Crippen molar-refractivity contribution in [3.8, 4) is 0 Å². The van der Waals surface area contributed by atoms with Crippen molar-refractivity contribution in [1.29, 1.82) is 0 Å². The van der Waals surface area contributed by atoms with E-state index in [-0.39, 0.29) is 5.56 Å². The summed E-state index contributed by atoms with van der Waals surface area (Å²) in [5.41, 5.74) is 1.16. The zero-order valence-electron chi connectivity index (χ0n) is 10.8. The minimum atomic E-state index is -0.960. The van der Waals surface area contributed by atoms with Crippen molar-refractivity contribution in [2.45, 2.75) is 19.6 Å². The third kappa shape index (κ3) is 2.55. The Hall–Kier alpha value is -1.85. The molecule has 1 aliphatic rings. The molecule has 20 heavy (non-hydrogen) atoms. The number of benzene rings is 1. The molecule has 0 bridgehead atoms. The first-order valence-corrected chi connectivity index (χ1v) is 6.75. The molecular formula is C14H14ClN3O2. The average Bonchev–Trinajstić information content (AvgIpc) is 2.88. The van der Waals surface area contributed by atoms with Gasteiger partial charge < -0.3 is 9.67 Å². The van der Waals surface area contributed by atoms with E-state index in [1.54, 1.807) is 12.1 Å². The molecule has 1 aromatic carbocycles. The highest BCUT2D eigenvalue weighted by Gasteiger charge is 2.17. The summed E-state index contributed by atoms with van der Waals surface area (Å²) in [6.45, 7) is 3.33. The van der Waals surface area contributed by atoms with Gasteiger partial charge in [-0.15, -0.1) is 0 Å². The van der Waals surface area contributed by atoms with Crippen molar-refractivity contribution in [2.75, 3.05) is 6.54 Å². The minimum absolute atomic E-state index is 0.216. The van der Waals surface area contributed by atoms with Crippen LogP contribution in [-0.2, 0) is 19.6 Å². The summed E-state index contributed by atoms with van der Waals surface area (Å²) in [5.74, 6) is 0.0907. The van der Waals surface area contributed by atoms with Crippen LogP contribution in [0.1, 0.15) is 21.7 Å². The van der Waals surface area contributed by atoms with Crippen molar-refractivity contribution >= 4 is 17.6 Å². The van der Waals surface area contributed by atoms with Crippen LogP contribution in [0.3, 0.4) is 0 Å². The molecule has 0 fully saturated rings. The monoisotopic (exact) mass is 291 g/mol. The Labute approximate surface area is 121 Å². The molecule has 0 amide bonds. The second-order valence-electron chi connectivity index (χ2n) is 4.86. The number of carboxylic acid groups (broad SMARTS) is 1. The molecular weight excluding hydrogens is 278 g/mol. The smallest absolute Gasteiger partial charge is 0.335 e. The molecule has 0 unspecified atom stereocenters. The van der Waals surface area contributed by atoms with Crippen LogP contribution in [0.2, 0.25) is 5.02 Å². The molecule has 0 saturated carbocycles. The zero-order valence-corrected chi connectivity index (χ0v) is 11.5. The lowest BCUT2D eigenvalue weighted by atomic mass is 10.1. The largest absolute Gasteiger partial charge is 0.478 e. The van der Waals surface area contributed by atoms with Crippen molar-refractivity contribution < 1.29 is 9.90 Å². The van der Waals surface area contributed by atoms with Gasteiger partial charge >= 0.3 is 5.97 Å². The Kier molecular flexibility index (Phi) is 3.46. The Morgan fingerprint density at radius 2 is 2.25 bits per heavy atom. The Bertz CT molecular complexity index is 654. The molecule has 2 aromatic rings. The number of carbonyl (C=O) groups is 1. The molecule has 0 radical (unpaired) electrons. The van der Waals surface area contributed by atoms with E-state index in [4.69, 9.17) is 16.7 Å². The lowest BCUT2D eigenvalue weighted by molar-refractivity contribution is 0.0697. The third-order valence-corrected chi connectivity index (χ3v) is 3.87. The number of carboxylic acids is 1. The Balaban J connectivity index is 1.74. The van der Waals surface area contributed by atoms with Gasteiger partial charge in [-0.1, -0.05) is 17.7 Å². The van der Waals surface area contributed by atoms with Gasteiger partial charge in [-0.05, 0) is 17.7 Å². The molecule has 5 nitrogen and oxygen atoms in total. The van der Waals surface area contributed by atoms with E-state index in [2.05, 4.69) is 14.5 Å². The van der Waals surface area contributed by atoms with Gasteiger partial charge in [0.1, 0.15) is 5.82 Å². The van der Waals surface area contributed by atoms with Gasteiger partial charge in [-0.25, -0.2) is 9.78 Å². The number of aromatic nitrogens is 2. The molecule has 3 rings (SSSR count). The number of nitrogens with zero attached hydrogens (tertiary/aromatic N) is 3. The predicted molar refractivity (Wildman–Crippen MR) is 74.8 cm³/mol. The van der Waals surface area contributed by atoms with Crippen LogP contribution in [0.5, 0.6) is 0 Å². The maximum atomic E-state index is 10.9. The molecule has 0 saturated heterocycles. The zero-order chi connectivity index (χ0) is 14.1. The Morgan fingerprint density at radius 3 is 3.00 bits per heavy atom. The summed E-state index contributed by atoms with van der Waals surface area (Å²) in [7, 11) is 0. The number of aromatic carboxylic acids is 1. The van der Waals surface area contributed by atoms with Gasteiger partial charge in [0.2, 0.25) is 0 Å². The van der Waals surface area contributed by atoms with Crippen molar-refractivity contribution in [3.63, 3.8) is 0 Å². The minimum Gasteiger partial charge on any atom is -0.478 e. The molecule has 104 valence electrons. The number of hydrogen-bond acceptors (Lipinski definition) is 3. The number of halogens is 1. The standard InChI is InChI=1S/C14H14ClN3O2/c15-12-7-10(14(19)20)1-2-11(12)8-17-5-6-18-4-3-16-13(18)9-17/h1-4,7H,5-6,8-9H2,(H,19,20). The number of imidazole rings is 1. The summed E-state index contributed by atoms with van der Waals surface area (Å²) in [5, 5.41) is 9.43. The van der Waals surface area contributed by atoms with Crippen LogP contribution >= 0.6 is 11.6 Å². The van der Waals surface area contributed by atoms with Crippen molar-refractivity contribution in [3.05, 3.63) is 52.6 Å². The number of fused-ring (bicyclic) bond motifs is 1. The van der Waals surface area contributed by atoms with Gasteiger partial charge in [-0.3, -0.25) is 4.90 Å². The van der Waals surface area contributed by atoms with E-state index in [1.807, 2.05) is 12.4 Å². The predicted octanol–water partition coefficient (Wildman–Crippen LogP) is 2.25. The fraction of sp³-hybridized carbons (Fsp3) is 0.286. The highest BCUT2D eigenvalue weighted by molar-refractivity contribution is 6.31.